The molecule has 0 unspecified atom stereocenters. The predicted octanol–water partition coefficient (Wildman–Crippen LogP) is -1.54. The molecule has 0 saturated carbocycles. The van der Waals surface area contributed by atoms with E-state index in [0.29, 0.717) is 6.54 Å². The Balaban J connectivity index is 2.37. The average Bonchev–Trinajstić information content (AvgIpc) is 2.33. The minimum atomic E-state index is -0.787. The summed E-state index contributed by atoms with van der Waals surface area (Å²) in [5.41, 5.74) is 0. The van der Waals surface area contributed by atoms with Crippen LogP contribution in [0, 0.1) is 0 Å². The van der Waals surface area contributed by atoms with E-state index in [1.54, 1.807) is 6.92 Å². The SMILES string of the molecule is CC(=O)CN1CCNCCN(CC(=O)O)CCNCC1. The number of ketones is 1. The first-order valence-electron chi connectivity index (χ1n) is 7.15. The van der Waals surface area contributed by atoms with E-state index in [9.17, 15) is 9.59 Å². The predicted molar refractivity (Wildman–Crippen MR) is 76.9 cm³/mol. The van der Waals surface area contributed by atoms with Gasteiger partial charge in [-0.1, -0.05) is 0 Å². The molecule has 0 aliphatic carbocycles. The van der Waals surface area contributed by atoms with Gasteiger partial charge in [0.15, 0.2) is 0 Å². The van der Waals surface area contributed by atoms with Crippen LogP contribution in [-0.4, -0.2) is 92.1 Å². The zero-order valence-corrected chi connectivity index (χ0v) is 12.2. The van der Waals surface area contributed by atoms with E-state index in [-0.39, 0.29) is 12.3 Å². The Kier molecular flexibility index (Phi) is 8.36. The van der Waals surface area contributed by atoms with Gasteiger partial charge in [-0.3, -0.25) is 19.4 Å². The van der Waals surface area contributed by atoms with Crippen LogP contribution in [0.1, 0.15) is 6.92 Å². The van der Waals surface area contributed by atoms with Crippen LogP contribution in [0.25, 0.3) is 0 Å². The van der Waals surface area contributed by atoms with Gasteiger partial charge in [-0.2, -0.15) is 0 Å². The maximum atomic E-state index is 11.2. The molecule has 1 saturated heterocycles. The van der Waals surface area contributed by atoms with Crippen molar-refractivity contribution in [1.29, 1.82) is 0 Å². The molecule has 0 radical (unpaired) electrons. The lowest BCUT2D eigenvalue weighted by atomic mass is 10.3. The molecule has 0 aromatic carbocycles. The molecule has 3 N–H and O–H groups in total. The van der Waals surface area contributed by atoms with Crippen molar-refractivity contribution in [3.05, 3.63) is 0 Å². The van der Waals surface area contributed by atoms with Gasteiger partial charge in [0.1, 0.15) is 5.78 Å². The zero-order chi connectivity index (χ0) is 14.8. The van der Waals surface area contributed by atoms with Crippen molar-refractivity contribution < 1.29 is 14.7 Å². The normalized spacial score (nSPS) is 20.9. The highest BCUT2D eigenvalue weighted by Crippen LogP contribution is 1.91. The van der Waals surface area contributed by atoms with Gasteiger partial charge in [0.2, 0.25) is 0 Å². The van der Waals surface area contributed by atoms with Gasteiger partial charge in [0, 0.05) is 52.4 Å². The van der Waals surface area contributed by atoms with Gasteiger partial charge in [-0.05, 0) is 6.92 Å². The number of nitrogens with zero attached hydrogens (tertiary/aromatic N) is 2. The first-order chi connectivity index (χ1) is 9.58. The number of aliphatic carboxylic acids is 1. The van der Waals surface area contributed by atoms with Crippen molar-refractivity contribution in [3.8, 4) is 0 Å². The number of hydrogen-bond donors (Lipinski definition) is 3. The second-order valence-electron chi connectivity index (χ2n) is 5.15. The lowest BCUT2D eigenvalue weighted by Gasteiger charge is -2.25. The van der Waals surface area contributed by atoms with E-state index in [0.717, 1.165) is 52.4 Å². The fraction of sp³-hybridized carbons (Fsp3) is 0.846. The van der Waals surface area contributed by atoms with E-state index in [1.165, 1.54) is 0 Å². The molecule has 0 spiro atoms. The van der Waals surface area contributed by atoms with E-state index < -0.39 is 5.97 Å². The van der Waals surface area contributed by atoms with Crippen molar-refractivity contribution in [3.63, 3.8) is 0 Å². The molecule has 7 nitrogen and oxygen atoms in total. The second-order valence-corrected chi connectivity index (χ2v) is 5.15. The van der Waals surface area contributed by atoms with Gasteiger partial charge in [-0.15, -0.1) is 0 Å². The number of carboxylic acids is 1. The molecule has 116 valence electrons. The van der Waals surface area contributed by atoms with Gasteiger partial charge in [-0.25, -0.2) is 0 Å². The molecule has 0 amide bonds. The summed E-state index contributed by atoms with van der Waals surface area (Å²) in [6.45, 7) is 8.46. The van der Waals surface area contributed by atoms with Gasteiger partial charge in [0.25, 0.3) is 0 Å². The number of carbonyl (C=O) groups excluding carboxylic acids is 1. The lowest BCUT2D eigenvalue weighted by Crippen LogP contribution is -2.45. The molecule has 1 fully saturated rings. The highest BCUT2D eigenvalue weighted by Gasteiger charge is 2.11. The summed E-state index contributed by atoms with van der Waals surface area (Å²) >= 11 is 0. The Labute approximate surface area is 120 Å². The minimum absolute atomic E-state index is 0.0832. The van der Waals surface area contributed by atoms with Crippen LogP contribution in [0.2, 0.25) is 0 Å². The first kappa shape index (κ1) is 17.0. The maximum Gasteiger partial charge on any atom is 0.317 e. The molecule has 0 aromatic rings. The molecule has 0 atom stereocenters. The van der Waals surface area contributed by atoms with Crippen LogP contribution >= 0.6 is 0 Å². The molecule has 0 aromatic heterocycles. The third-order valence-electron chi connectivity index (χ3n) is 3.22. The van der Waals surface area contributed by atoms with Crippen LogP contribution in [0.15, 0.2) is 0 Å². The number of rotatable bonds is 4. The Morgan fingerprint density at radius 3 is 1.65 bits per heavy atom. The molecule has 1 aliphatic heterocycles. The molecular weight excluding hydrogens is 260 g/mol. The summed E-state index contributed by atoms with van der Waals surface area (Å²) in [5, 5.41) is 15.5. The summed E-state index contributed by atoms with van der Waals surface area (Å²) < 4.78 is 0. The summed E-state index contributed by atoms with van der Waals surface area (Å²) in [7, 11) is 0. The Morgan fingerprint density at radius 2 is 1.30 bits per heavy atom. The smallest absolute Gasteiger partial charge is 0.317 e. The standard InChI is InChI=1S/C13H26N4O3/c1-12(18)10-16-6-2-14-4-8-17(11-13(19)20)9-5-15-3-7-16/h14-15H,2-11H2,1H3,(H,19,20). The number of Topliss-reactive ketones (excluding diaryl/α,β-unsaturated/α-hetero) is 1. The minimum Gasteiger partial charge on any atom is -0.480 e. The third kappa shape index (κ3) is 8.21. The van der Waals surface area contributed by atoms with E-state index in [4.69, 9.17) is 5.11 Å². The Morgan fingerprint density at radius 1 is 0.900 bits per heavy atom. The van der Waals surface area contributed by atoms with Gasteiger partial charge < -0.3 is 15.7 Å². The summed E-state index contributed by atoms with van der Waals surface area (Å²) in [5.74, 6) is -0.602. The quantitative estimate of drug-likeness (QED) is 0.577. The summed E-state index contributed by atoms with van der Waals surface area (Å²) in [4.78, 5) is 26.0. The topological polar surface area (TPSA) is 84.9 Å². The molecule has 1 rings (SSSR count). The largest absolute Gasteiger partial charge is 0.480 e. The van der Waals surface area contributed by atoms with Crippen LogP contribution in [0.4, 0.5) is 0 Å². The van der Waals surface area contributed by atoms with E-state index in [1.807, 2.05) is 4.90 Å². The fourth-order valence-corrected chi connectivity index (χ4v) is 2.24. The van der Waals surface area contributed by atoms with Crippen LogP contribution in [0.3, 0.4) is 0 Å². The molecule has 1 aliphatic rings. The van der Waals surface area contributed by atoms with Crippen LogP contribution in [-0.2, 0) is 9.59 Å². The van der Waals surface area contributed by atoms with Crippen LogP contribution in [0.5, 0.6) is 0 Å². The lowest BCUT2D eigenvalue weighted by molar-refractivity contribution is -0.138. The highest BCUT2D eigenvalue weighted by atomic mass is 16.4. The molecule has 20 heavy (non-hydrogen) atoms. The van der Waals surface area contributed by atoms with Crippen molar-refractivity contribution >= 4 is 11.8 Å². The van der Waals surface area contributed by atoms with E-state index in [2.05, 4.69) is 15.5 Å². The highest BCUT2D eigenvalue weighted by molar-refractivity contribution is 5.77. The van der Waals surface area contributed by atoms with Gasteiger partial charge >= 0.3 is 5.97 Å². The molecule has 1 heterocycles. The maximum absolute atomic E-state index is 11.2. The fourth-order valence-electron chi connectivity index (χ4n) is 2.24. The molecule has 7 heteroatoms. The third-order valence-corrected chi connectivity index (χ3v) is 3.22. The Hall–Kier alpha value is -1.02. The summed E-state index contributed by atoms with van der Waals surface area (Å²) in [6, 6.07) is 0. The van der Waals surface area contributed by atoms with Crippen molar-refractivity contribution in [2.45, 2.75) is 6.92 Å². The number of carboxylic acid groups (broad SMARTS) is 1. The van der Waals surface area contributed by atoms with Gasteiger partial charge in [0.05, 0.1) is 13.1 Å². The second kappa shape index (κ2) is 9.82. The van der Waals surface area contributed by atoms with Crippen molar-refractivity contribution in [2.75, 3.05) is 65.4 Å². The molecular formula is C13H26N4O3. The van der Waals surface area contributed by atoms with Crippen molar-refractivity contribution in [2.24, 2.45) is 0 Å². The average molecular weight is 286 g/mol. The monoisotopic (exact) mass is 286 g/mol. The number of nitrogens with one attached hydrogen (secondary N) is 2. The van der Waals surface area contributed by atoms with Crippen LogP contribution < -0.4 is 10.6 Å². The zero-order valence-electron chi connectivity index (χ0n) is 12.2. The number of carbonyl (C=O) groups is 2. The van der Waals surface area contributed by atoms with E-state index >= 15 is 0 Å². The molecule has 0 bridgehead atoms. The first-order valence-corrected chi connectivity index (χ1v) is 7.15. The number of hydrogen-bond acceptors (Lipinski definition) is 6. The Bertz CT molecular complexity index is 270. The van der Waals surface area contributed by atoms with Crippen molar-refractivity contribution in [1.82, 2.24) is 20.4 Å². The summed E-state index contributed by atoms with van der Waals surface area (Å²) in [6.07, 6.45) is 0.